The minimum atomic E-state index is -0.456. The van der Waals surface area contributed by atoms with Crippen LogP contribution in [0.3, 0.4) is 0 Å². The summed E-state index contributed by atoms with van der Waals surface area (Å²) in [5.74, 6) is 0.739. The molecular weight excluding hydrogens is 256 g/mol. The summed E-state index contributed by atoms with van der Waals surface area (Å²) >= 11 is 0. The number of ether oxygens (including phenoxy) is 1. The van der Waals surface area contributed by atoms with Gasteiger partial charge >= 0.3 is 6.09 Å². The molecule has 1 aromatic heterocycles. The molecule has 0 radical (unpaired) electrons. The van der Waals surface area contributed by atoms with E-state index in [4.69, 9.17) is 4.74 Å². The molecule has 6 heteroatoms. The van der Waals surface area contributed by atoms with E-state index in [0.29, 0.717) is 6.54 Å². The number of likely N-dealkylation sites (tertiary alicyclic amines) is 1. The average molecular weight is 278 g/mol. The first-order valence-electron chi connectivity index (χ1n) is 6.94. The molecule has 0 aromatic carbocycles. The molecule has 0 aliphatic carbocycles. The Morgan fingerprint density at radius 3 is 2.90 bits per heavy atom. The van der Waals surface area contributed by atoms with E-state index >= 15 is 0 Å². The maximum Gasteiger partial charge on any atom is 0.410 e. The van der Waals surface area contributed by atoms with Crippen molar-refractivity contribution in [1.82, 2.24) is 14.9 Å². The lowest BCUT2D eigenvalue weighted by Crippen LogP contribution is -2.47. The Morgan fingerprint density at radius 1 is 1.45 bits per heavy atom. The van der Waals surface area contributed by atoms with E-state index < -0.39 is 5.60 Å². The number of anilines is 1. The SMILES string of the molecule is CC(C)(C)OC(=O)N1CCC[C@@H](Nc2cnccn2)C1. The molecule has 110 valence electrons. The fraction of sp³-hybridized carbons (Fsp3) is 0.643. The summed E-state index contributed by atoms with van der Waals surface area (Å²) in [6, 6.07) is 0.188. The monoisotopic (exact) mass is 278 g/mol. The van der Waals surface area contributed by atoms with Gasteiger partial charge < -0.3 is 15.0 Å². The van der Waals surface area contributed by atoms with E-state index in [0.717, 1.165) is 25.2 Å². The Morgan fingerprint density at radius 2 is 2.25 bits per heavy atom. The van der Waals surface area contributed by atoms with Gasteiger partial charge in [0.05, 0.1) is 6.20 Å². The molecule has 2 rings (SSSR count). The standard InChI is InChI=1S/C14H22N4O2/c1-14(2,3)20-13(19)18-8-4-5-11(10-18)17-12-9-15-6-7-16-12/h6-7,9,11H,4-5,8,10H2,1-3H3,(H,16,17)/t11-/m1/s1. The number of carbonyl (C=O) groups is 1. The molecule has 1 saturated heterocycles. The van der Waals surface area contributed by atoms with Gasteiger partial charge in [0.2, 0.25) is 0 Å². The minimum absolute atomic E-state index is 0.188. The van der Waals surface area contributed by atoms with Crippen LogP contribution in [-0.2, 0) is 4.74 Å². The Labute approximate surface area is 119 Å². The van der Waals surface area contributed by atoms with Crippen LogP contribution in [-0.4, -0.2) is 45.7 Å². The van der Waals surface area contributed by atoms with E-state index in [1.807, 2.05) is 20.8 Å². The van der Waals surface area contributed by atoms with Crippen LogP contribution in [0.5, 0.6) is 0 Å². The summed E-state index contributed by atoms with van der Waals surface area (Å²) in [5, 5.41) is 3.31. The third kappa shape index (κ3) is 4.36. The first kappa shape index (κ1) is 14.6. The summed E-state index contributed by atoms with van der Waals surface area (Å²) < 4.78 is 5.41. The summed E-state index contributed by atoms with van der Waals surface area (Å²) in [6.45, 7) is 7.01. The van der Waals surface area contributed by atoms with Gasteiger partial charge in [-0.25, -0.2) is 9.78 Å². The van der Waals surface area contributed by atoms with E-state index in [9.17, 15) is 4.79 Å². The van der Waals surface area contributed by atoms with Crippen LogP contribution in [0.15, 0.2) is 18.6 Å². The number of hydrogen-bond acceptors (Lipinski definition) is 5. The summed E-state index contributed by atoms with van der Waals surface area (Å²) in [5.41, 5.74) is -0.456. The molecule has 20 heavy (non-hydrogen) atoms. The Hall–Kier alpha value is -1.85. The van der Waals surface area contributed by atoms with Gasteiger partial charge in [0.1, 0.15) is 11.4 Å². The fourth-order valence-corrected chi connectivity index (χ4v) is 2.17. The highest BCUT2D eigenvalue weighted by molar-refractivity contribution is 5.68. The highest BCUT2D eigenvalue weighted by Gasteiger charge is 2.27. The molecule has 0 spiro atoms. The number of piperidine rings is 1. The second-order valence-electron chi connectivity index (χ2n) is 6.00. The molecule has 1 fully saturated rings. The highest BCUT2D eigenvalue weighted by Crippen LogP contribution is 2.17. The van der Waals surface area contributed by atoms with Crippen molar-refractivity contribution in [3.63, 3.8) is 0 Å². The normalized spacial score (nSPS) is 19.6. The first-order valence-corrected chi connectivity index (χ1v) is 6.94. The molecular formula is C14H22N4O2. The molecule has 2 heterocycles. The zero-order chi connectivity index (χ0) is 14.6. The molecule has 1 atom stereocenters. The number of hydrogen-bond donors (Lipinski definition) is 1. The smallest absolute Gasteiger partial charge is 0.410 e. The summed E-state index contributed by atoms with van der Waals surface area (Å²) in [7, 11) is 0. The van der Waals surface area contributed by atoms with Crippen LogP contribution in [0.25, 0.3) is 0 Å². The van der Waals surface area contributed by atoms with Crippen molar-refractivity contribution in [3.05, 3.63) is 18.6 Å². The van der Waals surface area contributed by atoms with Gasteiger partial charge in [0.25, 0.3) is 0 Å². The lowest BCUT2D eigenvalue weighted by molar-refractivity contribution is 0.0206. The van der Waals surface area contributed by atoms with Crippen LogP contribution in [0, 0.1) is 0 Å². The van der Waals surface area contributed by atoms with Crippen LogP contribution >= 0.6 is 0 Å². The number of aromatic nitrogens is 2. The molecule has 0 bridgehead atoms. The predicted octanol–water partition coefficient (Wildman–Crippen LogP) is 2.29. The van der Waals surface area contributed by atoms with Crippen molar-refractivity contribution in [2.24, 2.45) is 0 Å². The van der Waals surface area contributed by atoms with E-state index in [1.165, 1.54) is 0 Å². The zero-order valence-electron chi connectivity index (χ0n) is 12.3. The van der Waals surface area contributed by atoms with Crippen LogP contribution < -0.4 is 5.32 Å². The predicted molar refractivity (Wildman–Crippen MR) is 76.5 cm³/mol. The van der Waals surface area contributed by atoms with Gasteiger partial charge in [-0.3, -0.25) is 4.98 Å². The maximum absolute atomic E-state index is 12.1. The lowest BCUT2D eigenvalue weighted by Gasteiger charge is -2.34. The molecule has 1 aliphatic rings. The van der Waals surface area contributed by atoms with Crippen molar-refractivity contribution in [2.75, 3.05) is 18.4 Å². The van der Waals surface area contributed by atoms with E-state index in [-0.39, 0.29) is 12.1 Å². The van der Waals surface area contributed by atoms with Crippen molar-refractivity contribution in [2.45, 2.75) is 45.3 Å². The molecule has 1 amide bonds. The summed E-state index contributed by atoms with van der Waals surface area (Å²) in [4.78, 5) is 22.0. The number of nitrogens with zero attached hydrogens (tertiary/aromatic N) is 3. The van der Waals surface area contributed by atoms with Crippen LogP contribution in [0.1, 0.15) is 33.6 Å². The van der Waals surface area contributed by atoms with Gasteiger partial charge in [0, 0.05) is 31.5 Å². The zero-order valence-corrected chi connectivity index (χ0v) is 12.3. The van der Waals surface area contributed by atoms with Crippen LogP contribution in [0.4, 0.5) is 10.6 Å². The largest absolute Gasteiger partial charge is 0.444 e. The van der Waals surface area contributed by atoms with Crippen molar-refractivity contribution >= 4 is 11.9 Å². The Kier molecular flexibility index (Phi) is 4.42. The Bertz CT molecular complexity index is 444. The van der Waals surface area contributed by atoms with Gasteiger partial charge in [-0.15, -0.1) is 0 Å². The van der Waals surface area contributed by atoms with Crippen molar-refractivity contribution < 1.29 is 9.53 Å². The Balaban J connectivity index is 1.90. The highest BCUT2D eigenvalue weighted by atomic mass is 16.6. The van der Waals surface area contributed by atoms with Crippen molar-refractivity contribution in [3.8, 4) is 0 Å². The summed E-state index contributed by atoms with van der Waals surface area (Å²) in [6.07, 6.45) is 6.69. The minimum Gasteiger partial charge on any atom is -0.444 e. The number of rotatable bonds is 2. The van der Waals surface area contributed by atoms with E-state index in [1.54, 1.807) is 23.5 Å². The second kappa shape index (κ2) is 6.07. The van der Waals surface area contributed by atoms with Crippen molar-refractivity contribution in [1.29, 1.82) is 0 Å². The number of nitrogens with one attached hydrogen (secondary N) is 1. The van der Waals surface area contributed by atoms with Gasteiger partial charge in [-0.1, -0.05) is 0 Å². The lowest BCUT2D eigenvalue weighted by atomic mass is 10.1. The third-order valence-electron chi connectivity index (χ3n) is 2.99. The topological polar surface area (TPSA) is 67.3 Å². The average Bonchev–Trinajstić information content (AvgIpc) is 2.38. The molecule has 1 N–H and O–H groups in total. The molecule has 1 aliphatic heterocycles. The van der Waals surface area contributed by atoms with Gasteiger partial charge in [-0.05, 0) is 33.6 Å². The van der Waals surface area contributed by atoms with Gasteiger partial charge in [0.15, 0.2) is 0 Å². The first-order chi connectivity index (χ1) is 9.44. The quantitative estimate of drug-likeness (QED) is 0.899. The maximum atomic E-state index is 12.1. The van der Waals surface area contributed by atoms with Gasteiger partial charge in [-0.2, -0.15) is 0 Å². The van der Waals surface area contributed by atoms with Crippen LogP contribution in [0.2, 0.25) is 0 Å². The molecule has 0 saturated carbocycles. The number of amides is 1. The second-order valence-corrected chi connectivity index (χ2v) is 6.00. The third-order valence-corrected chi connectivity index (χ3v) is 2.99. The molecule has 0 unspecified atom stereocenters. The molecule has 6 nitrogen and oxygen atoms in total. The molecule has 1 aromatic rings. The number of carbonyl (C=O) groups excluding carboxylic acids is 1. The van der Waals surface area contributed by atoms with E-state index in [2.05, 4.69) is 15.3 Å². The fourth-order valence-electron chi connectivity index (χ4n) is 2.17.